The monoisotopic (exact) mass is 192 g/mol. The van der Waals surface area contributed by atoms with Gasteiger partial charge < -0.3 is 10.5 Å². The second-order valence-corrected chi connectivity index (χ2v) is 3.11. The van der Waals surface area contributed by atoms with Crippen molar-refractivity contribution in [1.29, 1.82) is 0 Å². The van der Waals surface area contributed by atoms with Crippen molar-refractivity contribution in [3.05, 3.63) is 29.3 Å². The van der Waals surface area contributed by atoms with Crippen LogP contribution in [0, 0.1) is 13.8 Å². The zero-order valence-electron chi connectivity index (χ0n) is 8.11. The number of rotatable bonds is 2. The van der Waals surface area contributed by atoms with Crippen molar-refractivity contribution in [2.75, 3.05) is 5.32 Å². The molecule has 14 heavy (non-hydrogen) atoms. The van der Waals surface area contributed by atoms with Gasteiger partial charge in [0.15, 0.2) is 0 Å². The predicted molar refractivity (Wildman–Crippen MR) is 54.8 cm³/mol. The highest BCUT2D eigenvalue weighted by molar-refractivity contribution is 6.31. The van der Waals surface area contributed by atoms with Crippen LogP contribution in [0.4, 0.5) is 5.69 Å². The molecule has 1 aromatic rings. The summed E-state index contributed by atoms with van der Waals surface area (Å²) in [6, 6.07) is 5.70. The van der Waals surface area contributed by atoms with E-state index in [1.165, 1.54) is 0 Å². The Morgan fingerprint density at radius 3 is 2.43 bits per heavy atom. The number of oxime groups is 1. The second-order valence-electron chi connectivity index (χ2n) is 3.11. The highest BCUT2D eigenvalue weighted by atomic mass is 16.4. The lowest BCUT2D eigenvalue weighted by atomic mass is 10.1. The first kappa shape index (κ1) is 10.2. The third-order valence-corrected chi connectivity index (χ3v) is 1.66. The van der Waals surface area contributed by atoms with Gasteiger partial charge in [0, 0.05) is 5.69 Å². The van der Waals surface area contributed by atoms with Crippen LogP contribution in [0.5, 0.6) is 0 Å². The molecule has 1 amide bonds. The van der Waals surface area contributed by atoms with E-state index in [0.29, 0.717) is 5.69 Å². The number of carbonyl (C=O) groups is 1. The summed E-state index contributed by atoms with van der Waals surface area (Å²) < 4.78 is 0. The normalized spacial score (nSPS) is 10.4. The summed E-state index contributed by atoms with van der Waals surface area (Å²) in [5.41, 5.74) is 2.84. The molecule has 0 aliphatic rings. The van der Waals surface area contributed by atoms with Crippen LogP contribution in [0.2, 0.25) is 0 Å². The van der Waals surface area contributed by atoms with Gasteiger partial charge in [-0.15, -0.1) is 0 Å². The van der Waals surface area contributed by atoms with E-state index in [2.05, 4.69) is 10.5 Å². The maximum absolute atomic E-state index is 11.0. The molecular weight excluding hydrogens is 180 g/mol. The molecule has 0 radical (unpaired) electrons. The zero-order chi connectivity index (χ0) is 10.6. The minimum absolute atomic E-state index is 0.447. The topological polar surface area (TPSA) is 61.7 Å². The smallest absolute Gasteiger partial charge is 0.270 e. The first-order chi connectivity index (χ1) is 6.61. The van der Waals surface area contributed by atoms with E-state index in [1.807, 2.05) is 32.0 Å². The predicted octanol–water partition coefficient (Wildman–Crippen LogP) is 1.70. The zero-order valence-corrected chi connectivity index (χ0v) is 8.11. The number of amides is 1. The van der Waals surface area contributed by atoms with Crippen LogP contribution in [0.1, 0.15) is 11.1 Å². The Labute approximate surface area is 82.2 Å². The van der Waals surface area contributed by atoms with E-state index in [0.717, 1.165) is 17.3 Å². The molecule has 1 aromatic carbocycles. The summed E-state index contributed by atoms with van der Waals surface area (Å²) in [6.45, 7) is 3.89. The number of nitrogens with zero attached hydrogens (tertiary/aromatic N) is 1. The molecule has 0 aliphatic carbocycles. The standard InChI is InChI=1S/C10H12N2O2/c1-7-3-8(2)5-9(4-7)12-10(13)6-11-14/h3-6,14H,1-2H3,(H,12,13). The molecule has 0 bridgehead atoms. The van der Waals surface area contributed by atoms with Gasteiger partial charge in [-0.3, -0.25) is 4.79 Å². The minimum Gasteiger partial charge on any atom is -0.411 e. The van der Waals surface area contributed by atoms with Crippen LogP contribution >= 0.6 is 0 Å². The number of nitrogens with one attached hydrogen (secondary N) is 1. The number of hydrogen-bond acceptors (Lipinski definition) is 3. The van der Waals surface area contributed by atoms with Crippen molar-refractivity contribution in [2.24, 2.45) is 5.16 Å². The van der Waals surface area contributed by atoms with Crippen LogP contribution in [0.3, 0.4) is 0 Å². The Kier molecular flexibility index (Phi) is 3.23. The number of carbonyl (C=O) groups excluding carboxylic acids is 1. The van der Waals surface area contributed by atoms with E-state index < -0.39 is 5.91 Å². The second kappa shape index (κ2) is 4.41. The lowest BCUT2D eigenvalue weighted by Crippen LogP contribution is -2.12. The molecule has 1 rings (SSSR count). The van der Waals surface area contributed by atoms with Gasteiger partial charge in [-0.2, -0.15) is 0 Å². The van der Waals surface area contributed by atoms with Crippen molar-refractivity contribution < 1.29 is 10.0 Å². The van der Waals surface area contributed by atoms with Crippen LogP contribution in [-0.4, -0.2) is 17.3 Å². The maximum Gasteiger partial charge on any atom is 0.270 e. The molecule has 0 aromatic heterocycles. The maximum atomic E-state index is 11.0. The molecule has 0 heterocycles. The Hall–Kier alpha value is -1.84. The quantitative estimate of drug-likeness (QED) is 0.425. The number of benzene rings is 1. The van der Waals surface area contributed by atoms with E-state index in [1.54, 1.807) is 0 Å². The third kappa shape index (κ3) is 2.90. The Balaban J connectivity index is 2.81. The molecule has 0 aliphatic heterocycles. The van der Waals surface area contributed by atoms with Gasteiger partial charge in [-0.05, 0) is 37.1 Å². The van der Waals surface area contributed by atoms with E-state index in [-0.39, 0.29) is 0 Å². The molecule has 0 atom stereocenters. The third-order valence-electron chi connectivity index (χ3n) is 1.66. The first-order valence-electron chi connectivity index (χ1n) is 4.18. The first-order valence-corrected chi connectivity index (χ1v) is 4.18. The molecular formula is C10H12N2O2. The number of anilines is 1. The Morgan fingerprint density at radius 2 is 1.93 bits per heavy atom. The summed E-state index contributed by atoms with van der Waals surface area (Å²) in [4.78, 5) is 11.0. The Morgan fingerprint density at radius 1 is 1.36 bits per heavy atom. The largest absolute Gasteiger partial charge is 0.411 e. The van der Waals surface area contributed by atoms with Crippen molar-refractivity contribution in [2.45, 2.75) is 13.8 Å². The lowest BCUT2D eigenvalue weighted by Gasteiger charge is -2.04. The minimum atomic E-state index is -0.447. The fourth-order valence-electron chi connectivity index (χ4n) is 1.27. The van der Waals surface area contributed by atoms with Crippen molar-refractivity contribution >= 4 is 17.8 Å². The molecule has 0 unspecified atom stereocenters. The Bertz CT molecular complexity index is 352. The van der Waals surface area contributed by atoms with Gasteiger partial charge in [0.05, 0.1) is 0 Å². The van der Waals surface area contributed by atoms with Crippen molar-refractivity contribution in [3.8, 4) is 0 Å². The summed E-state index contributed by atoms with van der Waals surface area (Å²) in [7, 11) is 0. The van der Waals surface area contributed by atoms with Gasteiger partial charge >= 0.3 is 0 Å². The SMILES string of the molecule is Cc1cc(C)cc(NC(=O)C=NO)c1. The molecule has 0 spiro atoms. The molecule has 4 nitrogen and oxygen atoms in total. The van der Waals surface area contributed by atoms with Crippen LogP contribution in [0.25, 0.3) is 0 Å². The van der Waals surface area contributed by atoms with Gasteiger partial charge in [-0.25, -0.2) is 0 Å². The summed E-state index contributed by atoms with van der Waals surface area (Å²) in [6.07, 6.45) is 0.817. The van der Waals surface area contributed by atoms with Crippen LogP contribution < -0.4 is 5.32 Å². The van der Waals surface area contributed by atoms with Gasteiger partial charge in [-0.1, -0.05) is 11.2 Å². The summed E-state index contributed by atoms with van der Waals surface area (Å²) in [5.74, 6) is -0.447. The fraction of sp³-hybridized carbons (Fsp3) is 0.200. The molecule has 74 valence electrons. The average molecular weight is 192 g/mol. The van der Waals surface area contributed by atoms with E-state index in [9.17, 15) is 4.79 Å². The summed E-state index contributed by atoms with van der Waals surface area (Å²) in [5, 5.41) is 13.3. The molecule has 0 saturated heterocycles. The fourth-order valence-corrected chi connectivity index (χ4v) is 1.27. The van der Waals surface area contributed by atoms with Crippen molar-refractivity contribution in [1.82, 2.24) is 0 Å². The molecule has 2 N–H and O–H groups in total. The summed E-state index contributed by atoms with van der Waals surface area (Å²) >= 11 is 0. The molecule has 4 heteroatoms. The van der Waals surface area contributed by atoms with Crippen molar-refractivity contribution in [3.63, 3.8) is 0 Å². The van der Waals surface area contributed by atoms with Crippen LogP contribution in [0.15, 0.2) is 23.4 Å². The highest BCUT2D eigenvalue weighted by Gasteiger charge is 1.99. The van der Waals surface area contributed by atoms with Gasteiger partial charge in [0.1, 0.15) is 6.21 Å². The average Bonchev–Trinajstić information content (AvgIpc) is 2.01. The van der Waals surface area contributed by atoms with E-state index in [4.69, 9.17) is 5.21 Å². The number of aryl methyl sites for hydroxylation is 2. The number of hydrogen-bond donors (Lipinski definition) is 2. The molecule has 0 saturated carbocycles. The van der Waals surface area contributed by atoms with Gasteiger partial charge in [0.2, 0.25) is 0 Å². The highest BCUT2D eigenvalue weighted by Crippen LogP contribution is 2.13. The molecule has 0 fully saturated rings. The lowest BCUT2D eigenvalue weighted by molar-refractivity contribution is -0.110. The van der Waals surface area contributed by atoms with Gasteiger partial charge in [0.25, 0.3) is 5.91 Å². The van der Waals surface area contributed by atoms with E-state index >= 15 is 0 Å². The van der Waals surface area contributed by atoms with Crippen LogP contribution in [-0.2, 0) is 4.79 Å².